The van der Waals surface area contributed by atoms with E-state index >= 15 is 0 Å². The molecule has 0 bridgehead atoms. The minimum atomic E-state index is 0.152. The molecule has 3 aromatic rings. The van der Waals surface area contributed by atoms with Gasteiger partial charge in [0, 0.05) is 56.2 Å². The lowest BCUT2D eigenvalue weighted by molar-refractivity contribution is 0.112. The van der Waals surface area contributed by atoms with E-state index in [2.05, 4.69) is 64.9 Å². The minimum Gasteiger partial charge on any atom is -0.489 e. The molecular formula is C29H34N4O2. The van der Waals surface area contributed by atoms with Crippen LogP contribution in [0, 0.1) is 0 Å². The quantitative estimate of drug-likeness (QED) is 0.392. The number of hydrogen-bond donors (Lipinski definition) is 1. The maximum Gasteiger partial charge on any atom is 0.152 e. The monoisotopic (exact) mass is 470 g/mol. The first kappa shape index (κ1) is 23.2. The van der Waals surface area contributed by atoms with Crippen molar-refractivity contribution in [3.05, 3.63) is 77.4 Å². The smallest absolute Gasteiger partial charge is 0.152 e. The molecule has 5 rings (SSSR count). The molecule has 0 aliphatic carbocycles. The van der Waals surface area contributed by atoms with Crippen LogP contribution in [0.3, 0.4) is 0 Å². The Kier molecular flexibility index (Phi) is 6.64. The molecule has 6 heteroatoms. The van der Waals surface area contributed by atoms with Crippen molar-refractivity contribution in [1.82, 2.24) is 4.90 Å². The van der Waals surface area contributed by atoms with Gasteiger partial charge in [0.1, 0.15) is 5.75 Å². The third-order valence-electron chi connectivity index (χ3n) is 6.86. The van der Waals surface area contributed by atoms with Crippen LogP contribution in [0.2, 0.25) is 0 Å². The zero-order valence-electron chi connectivity index (χ0n) is 20.6. The molecule has 3 aromatic carbocycles. The van der Waals surface area contributed by atoms with Gasteiger partial charge in [-0.3, -0.25) is 9.69 Å². The van der Waals surface area contributed by atoms with Crippen LogP contribution in [0.15, 0.2) is 60.7 Å². The molecule has 0 spiro atoms. The number of piperazine rings is 1. The average Bonchev–Trinajstić information content (AvgIpc) is 3.27. The fraction of sp³-hybridized carbons (Fsp3) is 0.345. The van der Waals surface area contributed by atoms with Crippen molar-refractivity contribution in [1.29, 1.82) is 0 Å². The van der Waals surface area contributed by atoms with Gasteiger partial charge in [-0.25, -0.2) is 0 Å². The number of nitrogens with two attached hydrogens (primary N) is 1. The van der Waals surface area contributed by atoms with Crippen LogP contribution in [-0.4, -0.2) is 50.0 Å². The average molecular weight is 471 g/mol. The standard InChI is InChI=1S/C29H34N4O2/c1-21(2)35-29-6-4-3-5-27(29)32-15-13-31(14-16-32)19-22-7-10-26(24(17-22)20-34)33-12-11-23-8-9-25(30)18-28(23)33/h3-10,17-18,20-21H,11-16,19,30H2,1-2H3. The van der Waals surface area contributed by atoms with Gasteiger partial charge in [0.05, 0.1) is 17.5 Å². The Balaban J connectivity index is 1.26. The molecule has 1 fully saturated rings. The molecule has 1 saturated heterocycles. The molecule has 2 N–H and O–H groups in total. The van der Waals surface area contributed by atoms with Crippen LogP contribution >= 0.6 is 0 Å². The summed E-state index contributed by atoms with van der Waals surface area (Å²) in [7, 11) is 0. The van der Waals surface area contributed by atoms with Gasteiger partial charge >= 0.3 is 0 Å². The predicted octanol–water partition coefficient (Wildman–Crippen LogP) is 4.88. The van der Waals surface area contributed by atoms with Gasteiger partial charge in [-0.1, -0.05) is 24.3 Å². The van der Waals surface area contributed by atoms with Gasteiger partial charge in [-0.2, -0.15) is 0 Å². The van der Waals surface area contributed by atoms with E-state index in [-0.39, 0.29) is 6.10 Å². The van der Waals surface area contributed by atoms with E-state index in [9.17, 15) is 4.79 Å². The lowest BCUT2D eigenvalue weighted by Crippen LogP contribution is -2.46. The van der Waals surface area contributed by atoms with E-state index < -0.39 is 0 Å². The summed E-state index contributed by atoms with van der Waals surface area (Å²) < 4.78 is 6.03. The molecule has 0 radical (unpaired) electrons. The SMILES string of the molecule is CC(C)Oc1ccccc1N1CCN(Cc2ccc(N3CCc4ccc(N)cc43)c(C=O)c2)CC1. The Morgan fingerprint density at radius 2 is 1.71 bits per heavy atom. The van der Waals surface area contributed by atoms with Crippen molar-refractivity contribution in [3.8, 4) is 5.75 Å². The van der Waals surface area contributed by atoms with Crippen LogP contribution < -0.4 is 20.3 Å². The first-order valence-electron chi connectivity index (χ1n) is 12.5. The van der Waals surface area contributed by atoms with E-state index in [4.69, 9.17) is 10.5 Å². The number of aldehydes is 1. The normalized spacial score (nSPS) is 16.0. The summed E-state index contributed by atoms with van der Waals surface area (Å²) in [5.74, 6) is 0.951. The van der Waals surface area contributed by atoms with Crippen molar-refractivity contribution in [2.45, 2.75) is 32.9 Å². The summed E-state index contributed by atoms with van der Waals surface area (Å²) in [6.07, 6.45) is 2.09. The van der Waals surface area contributed by atoms with Gasteiger partial charge < -0.3 is 20.3 Å². The van der Waals surface area contributed by atoms with E-state index in [1.807, 2.05) is 24.3 Å². The number of rotatable bonds is 7. The Morgan fingerprint density at radius 1 is 0.914 bits per heavy atom. The van der Waals surface area contributed by atoms with Crippen LogP contribution in [-0.2, 0) is 13.0 Å². The Bertz CT molecular complexity index is 1200. The third-order valence-corrected chi connectivity index (χ3v) is 6.86. The summed E-state index contributed by atoms with van der Waals surface area (Å²) in [4.78, 5) is 19.1. The number of fused-ring (bicyclic) bond motifs is 1. The van der Waals surface area contributed by atoms with Gasteiger partial charge in [-0.15, -0.1) is 0 Å². The van der Waals surface area contributed by atoms with E-state index in [1.165, 1.54) is 16.8 Å². The summed E-state index contributed by atoms with van der Waals surface area (Å²) in [5, 5.41) is 0. The zero-order valence-corrected chi connectivity index (χ0v) is 20.6. The van der Waals surface area contributed by atoms with Gasteiger partial charge in [0.25, 0.3) is 0 Å². The lowest BCUT2D eigenvalue weighted by atomic mass is 10.1. The highest BCUT2D eigenvalue weighted by Crippen LogP contribution is 2.37. The van der Waals surface area contributed by atoms with Crippen molar-refractivity contribution in [2.24, 2.45) is 0 Å². The highest BCUT2D eigenvalue weighted by atomic mass is 16.5. The van der Waals surface area contributed by atoms with Crippen LogP contribution in [0.1, 0.15) is 35.3 Å². The molecule has 6 nitrogen and oxygen atoms in total. The third kappa shape index (κ3) is 4.98. The molecular weight excluding hydrogens is 436 g/mol. The molecule has 0 atom stereocenters. The molecule has 182 valence electrons. The number of nitrogens with zero attached hydrogens (tertiary/aromatic N) is 3. The second kappa shape index (κ2) is 10.0. The van der Waals surface area contributed by atoms with Gasteiger partial charge in [-0.05, 0) is 67.8 Å². The number of carbonyl (C=O) groups is 1. The molecule has 2 heterocycles. The number of para-hydroxylation sites is 2. The summed E-state index contributed by atoms with van der Waals surface area (Å²) in [5.41, 5.74) is 13.2. The minimum absolute atomic E-state index is 0.152. The second-order valence-electron chi connectivity index (χ2n) is 9.70. The Hall–Kier alpha value is -3.51. The van der Waals surface area contributed by atoms with Gasteiger partial charge in [0.2, 0.25) is 0 Å². The summed E-state index contributed by atoms with van der Waals surface area (Å²) in [6, 6.07) is 20.6. The van der Waals surface area contributed by atoms with Gasteiger partial charge in [0.15, 0.2) is 6.29 Å². The number of benzene rings is 3. The highest BCUT2D eigenvalue weighted by molar-refractivity contribution is 5.88. The van der Waals surface area contributed by atoms with Crippen LogP contribution in [0.5, 0.6) is 5.75 Å². The van der Waals surface area contributed by atoms with Crippen molar-refractivity contribution < 1.29 is 9.53 Å². The maximum absolute atomic E-state index is 12.0. The van der Waals surface area contributed by atoms with Crippen molar-refractivity contribution in [3.63, 3.8) is 0 Å². The molecule has 0 saturated carbocycles. The molecule has 0 amide bonds. The van der Waals surface area contributed by atoms with E-state index in [0.29, 0.717) is 0 Å². The zero-order chi connectivity index (χ0) is 24.4. The molecule has 0 aromatic heterocycles. The number of anilines is 4. The topological polar surface area (TPSA) is 62.0 Å². The molecule has 35 heavy (non-hydrogen) atoms. The molecule has 0 unspecified atom stereocenters. The fourth-order valence-corrected chi connectivity index (χ4v) is 5.17. The summed E-state index contributed by atoms with van der Waals surface area (Å²) >= 11 is 0. The van der Waals surface area contributed by atoms with Crippen molar-refractivity contribution >= 4 is 29.0 Å². The predicted molar refractivity (Wildman–Crippen MR) is 143 cm³/mol. The largest absolute Gasteiger partial charge is 0.489 e. The number of hydrogen-bond acceptors (Lipinski definition) is 6. The van der Waals surface area contributed by atoms with E-state index in [1.54, 1.807) is 0 Å². The molecule has 2 aliphatic heterocycles. The van der Waals surface area contributed by atoms with Crippen molar-refractivity contribution in [2.75, 3.05) is 48.3 Å². The summed E-state index contributed by atoms with van der Waals surface area (Å²) in [6.45, 7) is 9.65. The lowest BCUT2D eigenvalue weighted by Gasteiger charge is -2.37. The maximum atomic E-state index is 12.0. The van der Waals surface area contributed by atoms with E-state index in [0.717, 1.165) is 80.4 Å². The highest BCUT2D eigenvalue weighted by Gasteiger charge is 2.24. The fourth-order valence-electron chi connectivity index (χ4n) is 5.17. The Morgan fingerprint density at radius 3 is 2.49 bits per heavy atom. The molecule has 2 aliphatic rings. The Labute approximate surface area is 207 Å². The number of nitrogen functional groups attached to an aromatic ring is 1. The van der Waals surface area contributed by atoms with Crippen LogP contribution in [0.4, 0.5) is 22.7 Å². The second-order valence-corrected chi connectivity index (χ2v) is 9.70. The first-order valence-corrected chi connectivity index (χ1v) is 12.5. The first-order chi connectivity index (χ1) is 17.0. The number of ether oxygens (including phenoxy) is 1. The van der Waals surface area contributed by atoms with Crippen LogP contribution in [0.25, 0.3) is 0 Å². The number of carbonyl (C=O) groups excluding carboxylic acids is 1.